The van der Waals surface area contributed by atoms with Gasteiger partial charge in [-0.05, 0) is 45.4 Å². The van der Waals surface area contributed by atoms with Crippen LogP contribution in [-0.4, -0.2) is 26.2 Å². The van der Waals surface area contributed by atoms with Crippen LogP contribution in [-0.2, 0) is 0 Å². The van der Waals surface area contributed by atoms with Crippen LogP contribution in [0.4, 0.5) is 0 Å². The third kappa shape index (κ3) is 24.5. The quantitative estimate of drug-likeness (QED) is 0.316. The second-order valence-electron chi connectivity index (χ2n) is 2.39. The van der Waals surface area contributed by atoms with Gasteiger partial charge in [-0.2, -0.15) is 0 Å². The first-order chi connectivity index (χ1) is 4.91. The molecule has 6 heteroatoms. The monoisotopic (exact) mass is 196 g/mol. The number of nitrogens with two attached hydrogens (primary N) is 2. The standard InChI is InChI=1S/C7H19N3.3H3N/c8-4-1-2-6-10-7-3-5-9;;;/h10H,1-9H2;3*1H3. The molecular weight excluding hydrogens is 168 g/mol. The first-order valence-electron chi connectivity index (χ1n) is 4.02. The molecule has 0 aromatic carbocycles. The summed E-state index contributed by atoms with van der Waals surface area (Å²) in [7, 11) is 0. The van der Waals surface area contributed by atoms with Crippen molar-refractivity contribution in [2.45, 2.75) is 19.3 Å². The van der Waals surface area contributed by atoms with Gasteiger partial charge in [0.15, 0.2) is 0 Å². The fraction of sp³-hybridized carbons (Fsp3) is 1.00. The van der Waals surface area contributed by atoms with Gasteiger partial charge < -0.3 is 35.2 Å². The van der Waals surface area contributed by atoms with Crippen LogP contribution in [0, 0.1) is 0 Å². The van der Waals surface area contributed by atoms with Crippen LogP contribution in [0.5, 0.6) is 0 Å². The highest BCUT2D eigenvalue weighted by atomic mass is 14.8. The Hall–Kier alpha value is -0.240. The van der Waals surface area contributed by atoms with E-state index in [1.54, 1.807) is 0 Å². The smallest absolute Gasteiger partial charge is 0.00369 e. The zero-order chi connectivity index (χ0) is 7.66. The second kappa shape index (κ2) is 22.6. The Kier molecular flexibility index (Phi) is 40.0. The predicted octanol–water partition coefficient (Wildman–Crippen LogP) is 0.150. The van der Waals surface area contributed by atoms with Crippen molar-refractivity contribution >= 4 is 0 Å². The average Bonchev–Trinajstić information content (AvgIpc) is 1.97. The first-order valence-corrected chi connectivity index (χ1v) is 4.02. The molecule has 0 saturated carbocycles. The van der Waals surface area contributed by atoms with Gasteiger partial charge in [0, 0.05) is 0 Å². The molecule has 0 fully saturated rings. The molecule has 86 valence electrons. The molecule has 0 unspecified atom stereocenters. The second-order valence-corrected chi connectivity index (χ2v) is 2.39. The molecule has 0 bridgehead atoms. The minimum absolute atomic E-state index is 0. The van der Waals surface area contributed by atoms with Crippen molar-refractivity contribution in [3.63, 3.8) is 0 Å². The summed E-state index contributed by atoms with van der Waals surface area (Å²) in [6.45, 7) is 3.71. The van der Waals surface area contributed by atoms with Crippen LogP contribution in [0.25, 0.3) is 0 Å². The van der Waals surface area contributed by atoms with E-state index in [1.807, 2.05) is 0 Å². The van der Waals surface area contributed by atoms with Gasteiger partial charge in [0.05, 0.1) is 0 Å². The van der Waals surface area contributed by atoms with Gasteiger partial charge in [0.25, 0.3) is 0 Å². The molecule has 0 aliphatic rings. The predicted molar refractivity (Wildman–Crippen MR) is 59.9 cm³/mol. The van der Waals surface area contributed by atoms with E-state index in [1.165, 1.54) is 6.42 Å². The number of rotatable bonds is 7. The fourth-order valence-electron chi connectivity index (χ4n) is 0.746. The highest BCUT2D eigenvalue weighted by Crippen LogP contribution is 1.81. The Bertz CT molecular complexity index is 52.9. The van der Waals surface area contributed by atoms with Crippen molar-refractivity contribution < 1.29 is 0 Å². The number of hydrogen-bond acceptors (Lipinski definition) is 6. The molecule has 0 saturated heterocycles. The Morgan fingerprint density at radius 1 is 0.692 bits per heavy atom. The molecule has 0 aromatic rings. The maximum atomic E-state index is 5.32. The van der Waals surface area contributed by atoms with Gasteiger partial charge in [-0.15, -0.1) is 0 Å². The lowest BCUT2D eigenvalue weighted by molar-refractivity contribution is 0.611. The third-order valence-corrected chi connectivity index (χ3v) is 1.37. The summed E-state index contributed by atoms with van der Waals surface area (Å²) in [5.41, 5.74) is 10.6. The maximum Gasteiger partial charge on any atom is -0.00369 e. The summed E-state index contributed by atoms with van der Waals surface area (Å²) in [6.07, 6.45) is 3.37. The molecule has 0 aliphatic carbocycles. The summed E-state index contributed by atoms with van der Waals surface area (Å²) < 4.78 is 0. The van der Waals surface area contributed by atoms with Crippen LogP contribution in [0.2, 0.25) is 0 Å². The lowest BCUT2D eigenvalue weighted by atomic mass is 10.3. The van der Waals surface area contributed by atoms with E-state index in [0.29, 0.717) is 0 Å². The molecule has 13 heavy (non-hydrogen) atoms. The van der Waals surface area contributed by atoms with Crippen molar-refractivity contribution in [2.75, 3.05) is 26.2 Å². The minimum Gasteiger partial charge on any atom is -0.344 e. The van der Waals surface area contributed by atoms with Crippen molar-refractivity contribution in [3.8, 4) is 0 Å². The molecule has 0 aromatic heterocycles. The van der Waals surface area contributed by atoms with E-state index in [-0.39, 0.29) is 18.5 Å². The lowest BCUT2D eigenvalue weighted by Crippen LogP contribution is -2.19. The summed E-state index contributed by atoms with van der Waals surface area (Å²) in [5.74, 6) is 0. The van der Waals surface area contributed by atoms with Crippen LogP contribution in [0.1, 0.15) is 19.3 Å². The molecule has 0 aliphatic heterocycles. The van der Waals surface area contributed by atoms with E-state index in [2.05, 4.69) is 5.32 Å². The molecule has 0 radical (unpaired) electrons. The molecule has 6 nitrogen and oxygen atoms in total. The fourth-order valence-corrected chi connectivity index (χ4v) is 0.746. The van der Waals surface area contributed by atoms with Gasteiger partial charge in [-0.1, -0.05) is 0 Å². The van der Waals surface area contributed by atoms with E-state index < -0.39 is 0 Å². The summed E-state index contributed by atoms with van der Waals surface area (Å²) in [4.78, 5) is 0. The summed E-state index contributed by atoms with van der Waals surface area (Å²) in [6, 6.07) is 0. The highest BCUT2D eigenvalue weighted by Gasteiger charge is 1.85. The molecule has 0 rings (SSSR count). The molecule has 0 atom stereocenters. The molecule has 0 spiro atoms. The number of nitrogens with one attached hydrogen (secondary N) is 1. The SMILES string of the molecule is N.N.N.NCCCCNCCCN. The van der Waals surface area contributed by atoms with Gasteiger partial charge in [-0.3, -0.25) is 0 Å². The third-order valence-electron chi connectivity index (χ3n) is 1.37. The van der Waals surface area contributed by atoms with Crippen LogP contribution in [0.3, 0.4) is 0 Å². The zero-order valence-corrected chi connectivity index (χ0v) is 8.73. The van der Waals surface area contributed by atoms with Gasteiger partial charge >= 0.3 is 0 Å². The number of hydrogen-bond donors (Lipinski definition) is 6. The topological polar surface area (TPSA) is 169 Å². The Morgan fingerprint density at radius 3 is 1.62 bits per heavy atom. The van der Waals surface area contributed by atoms with Gasteiger partial charge in [-0.25, -0.2) is 0 Å². The van der Waals surface area contributed by atoms with Crippen molar-refractivity contribution in [1.82, 2.24) is 23.8 Å². The summed E-state index contributed by atoms with van der Waals surface area (Å²) in [5, 5.41) is 3.29. The summed E-state index contributed by atoms with van der Waals surface area (Å²) >= 11 is 0. The maximum absolute atomic E-state index is 5.32. The van der Waals surface area contributed by atoms with Gasteiger partial charge in [0.2, 0.25) is 0 Å². The zero-order valence-electron chi connectivity index (χ0n) is 8.73. The molecule has 0 amide bonds. The van der Waals surface area contributed by atoms with Crippen molar-refractivity contribution in [3.05, 3.63) is 0 Å². The van der Waals surface area contributed by atoms with E-state index in [9.17, 15) is 0 Å². The van der Waals surface area contributed by atoms with Crippen molar-refractivity contribution in [1.29, 1.82) is 0 Å². The Morgan fingerprint density at radius 2 is 1.15 bits per heavy atom. The minimum atomic E-state index is 0. The Labute approximate surface area is 81.6 Å². The van der Waals surface area contributed by atoms with E-state index >= 15 is 0 Å². The van der Waals surface area contributed by atoms with Crippen LogP contribution < -0.4 is 35.2 Å². The molecular formula is C7H28N6. The lowest BCUT2D eigenvalue weighted by Gasteiger charge is -2.01. The van der Waals surface area contributed by atoms with Crippen molar-refractivity contribution in [2.24, 2.45) is 11.5 Å². The Balaban J connectivity index is -0.000000135. The van der Waals surface area contributed by atoms with Gasteiger partial charge in [0.1, 0.15) is 0 Å². The first kappa shape index (κ1) is 23.0. The average molecular weight is 196 g/mol. The van der Waals surface area contributed by atoms with E-state index in [0.717, 1.165) is 39.0 Å². The van der Waals surface area contributed by atoms with Crippen LogP contribution in [0.15, 0.2) is 0 Å². The molecule has 14 N–H and O–H groups in total. The largest absolute Gasteiger partial charge is 0.344 e. The van der Waals surface area contributed by atoms with Crippen LogP contribution >= 0.6 is 0 Å². The van der Waals surface area contributed by atoms with E-state index in [4.69, 9.17) is 11.5 Å². The normalized spacial score (nSPS) is 7.85. The highest BCUT2D eigenvalue weighted by molar-refractivity contribution is 4.49. The molecule has 0 heterocycles. The number of unbranched alkanes of at least 4 members (excludes halogenated alkanes) is 1.